The van der Waals surface area contributed by atoms with Crippen LogP contribution in [0.25, 0.3) is 0 Å². The number of hydrogen-bond donors (Lipinski definition) is 1. The fourth-order valence-electron chi connectivity index (χ4n) is 3.44. The number of aromatic nitrogens is 1. The first kappa shape index (κ1) is 21.8. The highest BCUT2D eigenvalue weighted by Gasteiger charge is 2.28. The highest BCUT2D eigenvalue weighted by Crippen LogP contribution is 2.30. The Labute approximate surface area is 180 Å². The molecule has 10 heteroatoms. The summed E-state index contributed by atoms with van der Waals surface area (Å²) in [5.74, 6) is 0.255. The number of anilines is 2. The van der Waals surface area contributed by atoms with Gasteiger partial charge >= 0.3 is 6.03 Å². The van der Waals surface area contributed by atoms with E-state index in [1.165, 1.54) is 23.2 Å². The van der Waals surface area contributed by atoms with Crippen molar-refractivity contribution in [2.75, 3.05) is 32.1 Å². The Bertz CT molecular complexity index is 1020. The van der Waals surface area contributed by atoms with Gasteiger partial charge in [-0.25, -0.2) is 9.18 Å². The molecule has 1 aromatic carbocycles. The van der Waals surface area contributed by atoms with Crippen molar-refractivity contribution in [3.05, 3.63) is 48.0 Å². The van der Waals surface area contributed by atoms with Gasteiger partial charge in [-0.05, 0) is 25.1 Å². The standard InChI is InChI=1S/C21H24FN7O2/c1-14-4-5-16(11-25-14)29(20(24)30)17-8-15(22)9-19(10-17)31-18-6-7-28(12-18)21(26-13-23)27(2)3/h4-5,8-11,18H,6-7,12H2,1-3H3,(H2,24,30)/t18-/m1/s1. The normalized spacial score (nSPS) is 16.0. The predicted molar refractivity (Wildman–Crippen MR) is 114 cm³/mol. The minimum absolute atomic E-state index is 0.235. The van der Waals surface area contributed by atoms with E-state index >= 15 is 0 Å². The van der Waals surface area contributed by atoms with Crippen LogP contribution in [-0.4, -0.2) is 60.1 Å². The van der Waals surface area contributed by atoms with Gasteiger partial charge in [0, 0.05) is 44.9 Å². The maximum Gasteiger partial charge on any atom is 0.323 e. The van der Waals surface area contributed by atoms with Crippen molar-refractivity contribution in [2.45, 2.75) is 19.4 Å². The summed E-state index contributed by atoms with van der Waals surface area (Å²) in [7, 11) is 3.61. The van der Waals surface area contributed by atoms with E-state index in [1.54, 1.807) is 23.1 Å². The molecule has 9 nitrogen and oxygen atoms in total. The Kier molecular flexibility index (Phi) is 6.55. The van der Waals surface area contributed by atoms with Gasteiger partial charge in [0.05, 0.1) is 24.1 Å². The number of urea groups is 1. The summed E-state index contributed by atoms with van der Waals surface area (Å²) in [6.45, 7) is 2.96. The van der Waals surface area contributed by atoms with E-state index in [1.807, 2.05) is 32.1 Å². The van der Waals surface area contributed by atoms with Crippen molar-refractivity contribution in [3.63, 3.8) is 0 Å². The molecule has 0 bridgehead atoms. The third kappa shape index (κ3) is 5.19. The van der Waals surface area contributed by atoms with Crippen LogP contribution >= 0.6 is 0 Å². The smallest absolute Gasteiger partial charge is 0.323 e. The fraction of sp³-hybridized carbons (Fsp3) is 0.333. The lowest BCUT2D eigenvalue weighted by atomic mass is 10.2. The number of rotatable bonds is 4. The molecule has 0 spiro atoms. The zero-order valence-electron chi connectivity index (χ0n) is 17.6. The van der Waals surface area contributed by atoms with E-state index in [2.05, 4.69) is 9.98 Å². The number of guanidine groups is 1. The third-order valence-electron chi connectivity index (χ3n) is 4.77. The Morgan fingerprint density at radius 2 is 2.13 bits per heavy atom. The van der Waals surface area contributed by atoms with Gasteiger partial charge in [0.2, 0.25) is 12.2 Å². The van der Waals surface area contributed by atoms with Gasteiger partial charge < -0.3 is 20.3 Å². The highest BCUT2D eigenvalue weighted by atomic mass is 19.1. The van der Waals surface area contributed by atoms with Crippen LogP contribution in [-0.2, 0) is 0 Å². The molecule has 0 radical (unpaired) electrons. The number of nitrogens with zero attached hydrogens (tertiary/aromatic N) is 6. The number of aliphatic imine (C=N–C) groups is 1. The van der Waals surface area contributed by atoms with Gasteiger partial charge in [-0.1, -0.05) is 0 Å². The number of likely N-dealkylation sites (tertiary alicyclic amines) is 1. The van der Waals surface area contributed by atoms with E-state index in [0.717, 1.165) is 5.69 Å². The van der Waals surface area contributed by atoms with Crippen LogP contribution < -0.4 is 15.4 Å². The van der Waals surface area contributed by atoms with Crippen LogP contribution in [0.1, 0.15) is 12.1 Å². The number of halogens is 1. The quantitative estimate of drug-likeness (QED) is 0.458. The molecule has 0 saturated carbocycles. The average Bonchev–Trinajstić information content (AvgIpc) is 3.14. The Hall–Kier alpha value is -3.87. The molecule has 1 atom stereocenters. The molecule has 1 aliphatic heterocycles. The number of pyridine rings is 1. The SMILES string of the molecule is Cc1ccc(N(C(N)=O)c2cc(F)cc(O[C@@H]3CCN(C(=NC#N)N(C)C)C3)c2)cn1. The largest absolute Gasteiger partial charge is 0.488 e. The number of primary amides is 1. The maximum atomic E-state index is 14.4. The van der Waals surface area contributed by atoms with Crippen LogP contribution in [0.15, 0.2) is 41.5 Å². The van der Waals surface area contributed by atoms with E-state index in [9.17, 15) is 9.18 Å². The van der Waals surface area contributed by atoms with E-state index in [-0.39, 0.29) is 17.5 Å². The maximum absolute atomic E-state index is 14.4. The molecule has 0 unspecified atom stereocenters. The number of aryl methyl sites for hydroxylation is 1. The minimum Gasteiger partial charge on any atom is -0.488 e. The Morgan fingerprint density at radius 1 is 1.35 bits per heavy atom. The lowest BCUT2D eigenvalue weighted by Gasteiger charge is -2.25. The molecule has 31 heavy (non-hydrogen) atoms. The molecule has 1 aromatic heterocycles. The second-order valence-electron chi connectivity index (χ2n) is 7.36. The van der Waals surface area contributed by atoms with Gasteiger partial charge in [-0.2, -0.15) is 5.26 Å². The summed E-state index contributed by atoms with van der Waals surface area (Å²) in [5.41, 5.74) is 6.99. The molecule has 1 saturated heterocycles. The topological polar surface area (TPSA) is 111 Å². The summed E-state index contributed by atoms with van der Waals surface area (Å²) < 4.78 is 20.4. The molecular weight excluding hydrogens is 401 g/mol. The highest BCUT2D eigenvalue weighted by molar-refractivity contribution is 5.98. The van der Waals surface area contributed by atoms with Crippen molar-refractivity contribution in [2.24, 2.45) is 10.7 Å². The summed E-state index contributed by atoms with van der Waals surface area (Å²) in [5, 5.41) is 8.90. The number of amides is 2. The van der Waals surface area contributed by atoms with E-state index < -0.39 is 11.8 Å². The van der Waals surface area contributed by atoms with Crippen molar-refractivity contribution in [3.8, 4) is 11.9 Å². The minimum atomic E-state index is -0.766. The molecule has 2 N–H and O–H groups in total. The van der Waals surface area contributed by atoms with Crippen molar-refractivity contribution in [1.29, 1.82) is 5.26 Å². The molecule has 1 fully saturated rings. The molecule has 0 aliphatic carbocycles. The third-order valence-corrected chi connectivity index (χ3v) is 4.77. The summed E-state index contributed by atoms with van der Waals surface area (Å²) in [4.78, 5) is 25.0. The number of nitriles is 1. The van der Waals surface area contributed by atoms with Gasteiger partial charge in [-0.15, -0.1) is 4.99 Å². The van der Waals surface area contributed by atoms with Gasteiger partial charge in [0.25, 0.3) is 0 Å². The number of hydrogen-bond acceptors (Lipinski definition) is 5. The molecule has 2 heterocycles. The molecule has 2 amide bonds. The van der Waals surface area contributed by atoms with Crippen molar-refractivity contribution >= 4 is 23.4 Å². The molecule has 3 rings (SSSR count). The van der Waals surface area contributed by atoms with Crippen LogP contribution in [0.3, 0.4) is 0 Å². The second kappa shape index (κ2) is 9.30. The molecule has 162 valence electrons. The van der Waals surface area contributed by atoms with Crippen molar-refractivity contribution in [1.82, 2.24) is 14.8 Å². The lowest BCUT2D eigenvalue weighted by Crippen LogP contribution is -2.40. The number of benzene rings is 1. The predicted octanol–water partition coefficient (Wildman–Crippen LogP) is 2.60. The molecule has 2 aromatic rings. The molecule has 1 aliphatic rings. The first-order valence-corrected chi connectivity index (χ1v) is 9.67. The first-order valence-electron chi connectivity index (χ1n) is 9.67. The lowest BCUT2D eigenvalue weighted by molar-refractivity contribution is 0.212. The first-order chi connectivity index (χ1) is 14.8. The fourth-order valence-corrected chi connectivity index (χ4v) is 3.44. The van der Waals surface area contributed by atoms with Crippen LogP contribution in [0.2, 0.25) is 0 Å². The van der Waals surface area contributed by atoms with Gasteiger partial charge in [0.1, 0.15) is 17.7 Å². The second-order valence-corrected chi connectivity index (χ2v) is 7.36. The Balaban J connectivity index is 1.81. The monoisotopic (exact) mass is 425 g/mol. The average molecular weight is 425 g/mol. The zero-order chi connectivity index (χ0) is 22.5. The van der Waals surface area contributed by atoms with E-state index in [0.29, 0.717) is 31.2 Å². The van der Waals surface area contributed by atoms with Gasteiger partial charge in [-0.3, -0.25) is 9.88 Å². The number of ether oxygens (including phenoxy) is 1. The number of carbonyl (C=O) groups excluding carboxylic acids is 1. The van der Waals surface area contributed by atoms with E-state index in [4.69, 9.17) is 15.7 Å². The Morgan fingerprint density at radius 3 is 2.74 bits per heavy atom. The summed E-state index contributed by atoms with van der Waals surface area (Å²) in [6.07, 6.45) is 3.74. The molecular formula is C21H24FN7O2. The number of nitrogens with two attached hydrogens (primary N) is 1. The summed E-state index contributed by atoms with van der Waals surface area (Å²) >= 11 is 0. The zero-order valence-corrected chi connectivity index (χ0v) is 17.6. The van der Waals surface area contributed by atoms with Crippen LogP contribution in [0.4, 0.5) is 20.6 Å². The van der Waals surface area contributed by atoms with Gasteiger partial charge in [0.15, 0.2) is 0 Å². The summed E-state index contributed by atoms with van der Waals surface area (Å²) in [6, 6.07) is 6.69. The van der Waals surface area contributed by atoms with Crippen molar-refractivity contribution < 1.29 is 13.9 Å². The number of carbonyl (C=O) groups is 1. The van der Waals surface area contributed by atoms with Crippen LogP contribution in [0, 0.1) is 24.2 Å². The van der Waals surface area contributed by atoms with Crippen LogP contribution in [0.5, 0.6) is 5.75 Å².